The zero-order valence-electron chi connectivity index (χ0n) is 11.5. The van der Waals surface area contributed by atoms with Gasteiger partial charge in [0.1, 0.15) is 5.78 Å². The lowest BCUT2D eigenvalue weighted by molar-refractivity contribution is -0.132. The Morgan fingerprint density at radius 1 is 1.30 bits per heavy atom. The average Bonchev–Trinajstić information content (AvgIpc) is 2.47. The zero-order valence-corrected chi connectivity index (χ0v) is 11.5. The Morgan fingerprint density at radius 2 is 2.15 bits per heavy atom. The number of piperidine rings is 1. The second kappa shape index (κ2) is 4.18. The van der Waals surface area contributed by atoms with Crippen molar-refractivity contribution in [2.24, 2.45) is 5.92 Å². The van der Waals surface area contributed by atoms with Gasteiger partial charge < -0.3 is 4.90 Å². The molecule has 3 heteroatoms. The number of carbonyl (C=O) groups is 2. The number of likely N-dealkylation sites (tertiary alicyclic amines) is 1. The lowest BCUT2D eigenvalue weighted by Crippen LogP contribution is -2.61. The van der Waals surface area contributed by atoms with Crippen molar-refractivity contribution in [1.82, 2.24) is 4.90 Å². The lowest BCUT2D eigenvalue weighted by Gasteiger charge is -2.57. The molecule has 104 valence electrons. The second-order valence-corrected chi connectivity index (χ2v) is 6.54. The van der Waals surface area contributed by atoms with E-state index < -0.39 is 0 Å². The first-order valence-corrected chi connectivity index (χ1v) is 7.56. The first-order valence-electron chi connectivity index (χ1n) is 7.56. The van der Waals surface area contributed by atoms with Crippen molar-refractivity contribution in [3.05, 3.63) is 35.4 Å². The summed E-state index contributed by atoms with van der Waals surface area (Å²) in [6.07, 6.45) is 5.22. The number of amides is 1. The highest BCUT2D eigenvalue weighted by molar-refractivity contribution is 5.81. The van der Waals surface area contributed by atoms with Gasteiger partial charge >= 0.3 is 0 Å². The van der Waals surface area contributed by atoms with E-state index in [1.807, 2.05) is 4.90 Å². The van der Waals surface area contributed by atoms with Crippen molar-refractivity contribution in [3.63, 3.8) is 0 Å². The number of benzene rings is 1. The van der Waals surface area contributed by atoms with Gasteiger partial charge in [-0.25, -0.2) is 0 Å². The van der Waals surface area contributed by atoms with E-state index in [0.29, 0.717) is 30.6 Å². The van der Waals surface area contributed by atoms with E-state index in [2.05, 4.69) is 24.3 Å². The number of hydrogen-bond acceptors (Lipinski definition) is 2. The van der Waals surface area contributed by atoms with Crippen LogP contribution in [0.2, 0.25) is 0 Å². The summed E-state index contributed by atoms with van der Waals surface area (Å²) in [6, 6.07) is 8.85. The highest BCUT2D eigenvalue weighted by atomic mass is 16.1. The Labute approximate surface area is 119 Å². The number of fused-ring (bicyclic) bond motifs is 1. The van der Waals surface area contributed by atoms with Crippen LogP contribution < -0.4 is 0 Å². The van der Waals surface area contributed by atoms with Crippen molar-refractivity contribution < 1.29 is 9.59 Å². The number of Topliss-reactive ketones (excluding diaryl/α,β-unsaturated/α-hetero) is 1. The largest absolute Gasteiger partial charge is 0.342 e. The van der Waals surface area contributed by atoms with Crippen LogP contribution in [0.4, 0.5) is 0 Å². The Balaban J connectivity index is 1.89. The Morgan fingerprint density at radius 3 is 3.00 bits per heavy atom. The summed E-state index contributed by atoms with van der Waals surface area (Å²) in [5.41, 5.74) is 2.74. The molecule has 0 spiro atoms. The van der Waals surface area contributed by atoms with E-state index in [-0.39, 0.29) is 5.41 Å². The van der Waals surface area contributed by atoms with Crippen molar-refractivity contribution in [2.75, 3.05) is 6.54 Å². The summed E-state index contributed by atoms with van der Waals surface area (Å²) < 4.78 is 0. The van der Waals surface area contributed by atoms with Crippen LogP contribution in [0, 0.1) is 5.92 Å². The van der Waals surface area contributed by atoms with Gasteiger partial charge in [-0.3, -0.25) is 9.59 Å². The molecule has 1 saturated heterocycles. The predicted molar refractivity (Wildman–Crippen MR) is 75.3 cm³/mol. The minimum atomic E-state index is 0.00829. The molecule has 3 atom stereocenters. The molecule has 0 N–H and O–H groups in total. The first kappa shape index (κ1) is 12.1. The Kier molecular flexibility index (Phi) is 2.53. The van der Waals surface area contributed by atoms with Crippen molar-refractivity contribution in [2.45, 2.75) is 43.6 Å². The molecule has 3 nitrogen and oxygen atoms in total. The predicted octanol–water partition coefficient (Wildman–Crippen LogP) is 2.08. The molecule has 2 bridgehead atoms. The fourth-order valence-corrected chi connectivity index (χ4v) is 4.95. The number of carbonyl (C=O) groups excluding carboxylic acids is 2. The van der Waals surface area contributed by atoms with Gasteiger partial charge in [-0.05, 0) is 36.3 Å². The standard InChI is InChI=1S/C17H19NO2/c19-11-18-8-7-17-10-13(20)5-6-15(17)16(18)9-12-3-1-2-4-14(12)17/h1-4,11,15-16H,5-10H2/t15-,16+,17+/m0/s1. The maximum absolute atomic E-state index is 12.1. The van der Waals surface area contributed by atoms with Gasteiger partial charge in [0, 0.05) is 30.8 Å². The lowest BCUT2D eigenvalue weighted by atomic mass is 9.52. The van der Waals surface area contributed by atoms with E-state index in [0.717, 1.165) is 32.2 Å². The average molecular weight is 269 g/mol. The molecule has 20 heavy (non-hydrogen) atoms. The topological polar surface area (TPSA) is 37.4 Å². The second-order valence-electron chi connectivity index (χ2n) is 6.54. The normalized spacial score (nSPS) is 35.2. The third-order valence-electron chi connectivity index (χ3n) is 5.78. The third kappa shape index (κ3) is 1.46. The van der Waals surface area contributed by atoms with Gasteiger partial charge in [0.25, 0.3) is 0 Å². The molecule has 1 aromatic rings. The van der Waals surface area contributed by atoms with E-state index in [4.69, 9.17) is 0 Å². The van der Waals surface area contributed by atoms with Gasteiger partial charge in [0.2, 0.25) is 6.41 Å². The molecule has 1 aliphatic heterocycles. The van der Waals surface area contributed by atoms with Crippen LogP contribution in [-0.2, 0) is 21.4 Å². The fraction of sp³-hybridized carbons (Fsp3) is 0.529. The molecule has 2 fully saturated rings. The molecule has 3 aliphatic rings. The molecule has 1 amide bonds. The minimum Gasteiger partial charge on any atom is -0.342 e. The molecular formula is C17H19NO2. The summed E-state index contributed by atoms with van der Waals surface area (Å²) in [6.45, 7) is 0.798. The van der Waals surface area contributed by atoms with Crippen LogP contribution >= 0.6 is 0 Å². The molecule has 0 unspecified atom stereocenters. The Bertz CT molecular complexity index is 582. The molecule has 1 aromatic carbocycles. The third-order valence-corrected chi connectivity index (χ3v) is 5.78. The fourth-order valence-electron chi connectivity index (χ4n) is 4.95. The van der Waals surface area contributed by atoms with Gasteiger partial charge in [-0.2, -0.15) is 0 Å². The Hall–Kier alpha value is -1.64. The van der Waals surface area contributed by atoms with E-state index in [9.17, 15) is 9.59 Å². The SMILES string of the molecule is O=CN1CC[C@]23CC(=O)CC[C@H]2[C@H]1Cc1ccccc13. The number of nitrogens with zero attached hydrogens (tertiary/aromatic N) is 1. The summed E-state index contributed by atoms with van der Waals surface area (Å²) >= 11 is 0. The quantitative estimate of drug-likeness (QED) is 0.732. The van der Waals surface area contributed by atoms with Crippen LogP contribution in [0.5, 0.6) is 0 Å². The summed E-state index contributed by atoms with van der Waals surface area (Å²) in [5, 5.41) is 0. The van der Waals surface area contributed by atoms with Crippen molar-refractivity contribution >= 4 is 12.2 Å². The highest BCUT2D eigenvalue weighted by Crippen LogP contribution is 2.54. The van der Waals surface area contributed by atoms with E-state index >= 15 is 0 Å². The zero-order chi connectivity index (χ0) is 13.7. The summed E-state index contributed by atoms with van der Waals surface area (Å²) in [4.78, 5) is 25.4. The van der Waals surface area contributed by atoms with Crippen molar-refractivity contribution in [1.29, 1.82) is 0 Å². The van der Waals surface area contributed by atoms with Crippen molar-refractivity contribution in [3.8, 4) is 0 Å². The molecule has 2 aliphatic carbocycles. The summed E-state index contributed by atoms with van der Waals surface area (Å²) in [5.74, 6) is 0.866. The smallest absolute Gasteiger partial charge is 0.209 e. The minimum absolute atomic E-state index is 0.00829. The van der Waals surface area contributed by atoms with E-state index in [1.54, 1.807) is 0 Å². The number of ketones is 1. The van der Waals surface area contributed by atoms with Gasteiger partial charge in [-0.1, -0.05) is 24.3 Å². The van der Waals surface area contributed by atoms with Crippen LogP contribution in [-0.4, -0.2) is 29.7 Å². The van der Waals surface area contributed by atoms with Gasteiger partial charge in [0.05, 0.1) is 0 Å². The van der Waals surface area contributed by atoms with Crippen LogP contribution in [0.15, 0.2) is 24.3 Å². The molecule has 4 rings (SSSR count). The van der Waals surface area contributed by atoms with E-state index in [1.165, 1.54) is 11.1 Å². The first-order chi connectivity index (χ1) is 9.74. The maximum atomic E-state index is 12.1. The summed E-state index contributed by atoms with van der Waals surface area (Å²) in [7, 11) is 0. The highest BCUT2D eigenvalue weighted by Gasteiger charge is 2.55. The number of rotatable bonds is 1. The van der Waals surface area contributed by atoms with Crippen LogP contribution in [0.3, 0.4) is 0 Å². The van der Waals surface area contributed by atoms with Gasteiger partial charge in [0.15, 0.2) is 0 Å². The molecular weight excluding hydrogens is 250 g/mol. The molecule has 0 aromatic heterocycles. The molecule has 1 heterocycles. The maximum Gasteiger partial charge on any atom is 0.209 e. The molecule has 0 radical (unpaired) electrons. The van der Waals surface area contributed by atoms with Crippen LogP contribution in [0.25, 0.3) is 0 Å². The number of hydrogen-bond donors (Lipinski definition) is 0. The molecule has 1 saturated carbocycles. The monoisotopic (exact) mass is 269 g/mol. The van der Waals surface area contributed by atoms with Gasteiger partial charge in [-0.15, -0.1) is 0 Å². The van der Waals surface area contributed by atoms with Crippen LogP contribution in [0.1, 0.15) is 36.8 Å².